The highest BCUT2D eigenvalue weighted by molar-refractivity contribution is 4.83. The summed E-state index contributed by atoms with van der Waals surface area (Å²) >= 11 is 0. The van der Waals surface area contributed by atoms with Gasteiger partial charge >= 0.3 is 0 Å². The molecule has 0 aliphatic carbocycles. The standard InChI is InChI=1S/C16H33N/c1-3-5-7-9-11-13-15-17-16-14-12-10-8-6-4-2/h11,13,17H,3-10,12,14-16H2,1-2H3. The van der Waals surface area contributed by atoms with Gasteiger partial charge in [0, 0.05) is 6.54 Å². The third-order valence-corrected chi connectivity index (χ3v) is 3.11. The van der Waals surface area contributed by atoms with E-state index in [1.165, 1.54) is 70.8 Å². The summed E-state index contributed by atoms with van der Waals surface area (Å²) < 4.78 is 0. The minimum Gasteiger partial charge on any atom is -0.313 e. The molecule has 0 aromatic carbocycles. The zero-order valence-corrected chi connectivity index (χ0v) is 12.1. The Morgan fingerprint density at radius 2 is 1.35 bits per heavy atom. The fourth-order valence-corrected chi connectivity index (χ4v) is 1.93. The van der Waals surface area contributed by atoms with Crippen molar-refractivity contribution in [1.82, 2.24) is 5.32 Å². The van der Waals surface area contributed by atoms with Crippen LogP contribution in [0.15, 0.2) is 12.2 Å². The van der Waals surface area contributed by atoms with Gasteiger partial charge < -0.3 is 5.32 Å². The van der Waals surface area contributed by atoms with E-state index in [0.29, 0.717) is 0 Å². The second kappa shape index (κ2) is 15.7. The second-order valence-electron chi connectivity index (χ2n) is 4.94. The molecule has 0 bridgehead atoms. The number of allylic oxidation sites excluding steroid dienone is 1. The van der Waals surface area contributed by atoms with Crippen LogP contribution in [0.3, 0.4) is 0 Å². The summed E-state index contributed by atoms with van der Waals surface area (Å²) in [6, 6.07) is 0. The molecule has 102 valence electrons. The van der Waals surface area contributed by atoms with E-state index in [9.17, 15) is 0 Å². The smallest absolute Gasteiger partial charge is 0.0134 e. The van der Waals surface area contributed by atoms with Crippen LogP contribution in [0.4, 0.5) is 0 Å². The van der Waals surface area contributed by atoms with E-state index < -0.39 is 0 Å². The maximum absolute atomic E-state index is 3.48. The molecular weight excluding hydrogens is 206 g/mol. The Bertz CT molecular complexity index is 152. The molecule has 0 atom stereocenters. The van der Waals surface area contributed by atoms with Gasteiger partial charge in [-0.1, -0.05) is 70.9 Å². The van der Waals surface area contributed by atoms with Crippen LogP contribution in [0.2, 0.25) is 0 Å². The monoisotopic (exact) mass is 239 g/mol. The van der Waals surface area contributed by atoms with Crippen LogP contribution in [0.25, 0.3) is 0 Å². The minimum atomic E-state index is 1.06. The van der Waals surface area contributed by atoms with Gasteiger partial charge in [0.15, 0.2) is 0 Å². The lowest BCUT2D eigenvalue weighted by molar-refractivity contribution is 0.585. The lowest BCUT2D eigenvalue weighted by atomic mass is 10.1. The summed E-state index contributed by atoms with van der Waals surface area (Å²) in [4.78, 5) is 0. The van der Waals surface area contributed by atoms with Crippen LogP contribution in [0.1, 0.15) is 78.1 Å². The summed E-state index contributed by atoms with van der Waals surface area (Å²) in [6.07, 6.45) is 18.2. The van der Waals surface area contributed by atoms with E-state index in [-0.39, 0.29) is 0 Å². The lowest BCUT2D eigenvalue weighted by Crippen LogP contribution is -2.14. The first kappa shape index (κ1) is 16.7. The van der Waals surface area contributed by atoms with Crippen LogP contribution in [0.5, 0.6) is 0 Å². The van der Waals surface area contributed by atoms with Gasteiger partial charge in [0.2, 0.25) is 0 Å². The highest BCUT2D eigenvalue weighted by Gasteiger charge is 1.89. The number of hydrogen-bond acceptors (Lipinski definition) is 1. The Morgan fingerprint density at radius 3 is 2.12 bits per heavy atom. The van der Waals surface area contributed by atoms with Gasteiger partial charge in [-0.3, -0.25) is 0 Å². The first-order valence-electron chi connectivity index (χ1n) is 7.77. The van der Waals surface area contributed by atoms with Crippen molar-refractivity contribution in [2.24, 2.45) is 0 Å². The van der Waals surface area contributed by atoms with Gasteiger partial charge in [0.25, 0.3) is 0 Å². The number of rotatable bonds is 13. The summed E-state index contributed by atoms with van der Waals surface area (Å²) in [5, 5.41) is 3.48. The van der Waals surface area contributed by atoms with Crippen molar-refractivity contribution < 1.29 is 0 Å². The molecule has 0 aromatic rings. The van der Waals surface area contributed by atoms with Gasteiger partial charge in [-0.2, -0.15) is 0 Å². The Hall–Kier alpha value is -0.300. The molecule has 0 rings (SSSR count). The van der Waals surface area contributed by atoms with Crippen molar-refractivity contribution >= 4 is 0 Å². The SMILES string of the molecule is CCCCCC=CCNCCCCCCCC. The second-order valence-corrected chi connectivity index (χ2v) is 4.94. The average Bonchev–Trinajstić information content (AvgIpc) is 2.35. The number of hydrogen-bond donors (Lipinski definition) is 1. The molecule has 0 saturated heterocycles. The van der Waals surface area contributed by atoms with E-state index in [2.05, 4.69) is 31.3 Å². The van der Waals surface area contributed by atoms with Crippen molar-refractivity contribution in [3.05, 3.63) is 12.2 Å². The fraction of sp³-hybridized carbons (Fsp3) is 0.875. The van der Waals surface area contributed by atoms with Crippen molar-refractivity contribution in [3.63, 3.8) is 0 Å². The Balaban J connectivity index is 2.97. The van der Waals surface area contributed by atoms with Crippen LogP contribution in [-0.2, 0) is 0 Å². The fourth-order valence-electron chi connectivity index (χ4n) is 1.93. The zero-order chi connectivity index (χ0) is 12.6. The van der Waals surface area contributed by atoms with E-state index in [1.54, 1.807) is 0 Å². The first-order chi connectivity index (χ1) is 8.41. The van der Waals surface area contributed by atoms with Crippen molar-refractivity contribution in [1.29, 1.82) is 0 Å². The van der Waals surface area contributed by atoms with E-state index in [1.807, 2.05) is 0 Å². The maximum atomic E-state index is 3.48. The molecular formula is C16H33N. The molecule has 0 saturated carbocycles. The quantitative estimate of drug-likeness (QED) is 0.349. The molecule has 0 radical (unpaired) electrons. The first-order valence-corrected chi connectivity index (χ1v) is 7.77. The van der Waals surface area contributed by atoms with Gasteiger partial charge in [-0.25, -0.2) is 0 Å². The summed E-state index contributed by atoms with van der Waals surface area (Å²) in [7, 11) is 0. The van der Waals surface area contributed by atoms with E-state index in [4.69, 9.17) is 0 Å². The molecule has 0 aliphatic heterocycles. The van der Waals surface area contributed by atoms with Crippen LogP contribution in [-0.4, -0.2) is 13.1 Å². The molecule has 0 aliphatic rings. The molecule has 0 heterocycles. The largest absolute Gasteiger partial charge is 0.313 e. The molecule has 0 aromatic heterocycles. The maximum Gasteiger partial charge on any atom is 0.0134 e. The Labute approximate surface area is 109 Å². The third kappa shape index (κ3) is 15.7. The van der Waals surface area contributed by atoms with E-state index >= 15 is 0 Å². The molecule has 0 amide bonds. The summed E-state index contributed by atoms with van der Waals surface area (Å²) in [5.41, 5.74) is 0. The molecule has 0 spiro atoms. The average molecular weight is 239 g/mol. The van der Waals surface area contributed by atoms with Gasteiger partial charge in [0.1, 0.15) is 0 Å². The molecule has 0 fully saturated rings. The molecule has 1 N–H and O–H groups in total. The van der Waals surface area contributed by atoms with Gasteiger partial charge in [0.05, 0.1) is 0 Å². The Kier molecular flexibility index (Phi) is 15.4. The highest BCUT2D eigenvalue weighted by atomic mass is 14.8. The number of unbranched alkanes of at least 4 members (excludes halogenated alkanes) is 8. The predicted octanol–water partition coefficient (Wildman–Crippen LogP) is 5.07. The highest BCUT2D eigenvalue weighted by Crippen LogP contribution is 2.04. The lowest BCUT2D eigenvalue weighted by Gasteiger charge is -2.01. The zero-order valence-electron chi connectivity index (χ0n) is 12.1. The van der Waals surface area contributed by atoms with Crippen LogP contribution in [0, 0.1) is 0 Å². The molecule has 1 heteroatoms. The predicted molar refractivity (Wildman–Crippen MR) is 79.5 cm³/mol. The Morgan fingerprint density at radius 1 is 0.706 bits per heavy atom. The third-order valence-electron chi connectivity index (χ3n) is 3.11. The van der Waals surface area contributed by atoms with Crippen molar-refractivity contribution in [2.45, 2.75) is 78.1 Å². The van der Waals surface area contributed by atoms with Gasteiger partial charge in [-0.05, 0) is 25.8 Å². The number of nitrogens with one attached hydrogen (secondary N) is 1. The molecule has 1 nitrogen and oxygen atoms in total. The van der Waals surface area contributed by atoms with Crippen LogP contribution < -0.4 is 5.32 Å². The summed E-state index contributed by atoms with van der Waals surface area (Å²) in [5.74, 6) is 0. The minimum absolute atomic E-state index is 1.06. The topological polar surface area (TPSA) is 12.0 Å². The summed E-state index contributed by atoms with van der Waals surface area (Å²) in [6.45, 7) is 6.77. The van der Waals surface area contributed by atoms with Gasteiger partial charge in [-0.15, -0.1) is 0 Å². The molecule has 0 unspecified atom stereocenters. The van der Waals surface area contributed by atoms with Crippen molar-refractivity contribution in [2.75, 3.05) is 13.1 Å². The normalized spacial score (nSPS) is 11.4. The molecule has 17 heavy (non-hydrogen) atoms. The van der Waals surface area contributed by atoms with Crippen molar-refractivity contribution in [3.8, 4) is 0 Å². The van der Waals surface area contributed by atoms with E-state index in [0.717, 1.165) is 6.54 Å². The van der Waals surface area contributed by atoms with Crippen LogP contribution >= 0.6 is 0 Å².